The van der Waals surface area contributed by atoms with Gasteiger partial charge in [-0.2, -0.15) is 0 Å². The third-order valence-electron chi connectivity index (χ3n) is 4.07. The van der Waals surface area contributed by atoms with E-state index in [1.54, 1.807) is 6.26 Å². The molecule has 0 saturated heterocycles. The minimum Gasteiger partial charge on any atom is -0.468 e. The van der Waals surface area contributed by atoms with Crippen molar-refractivity contribution in [3.05, 3.63) is 47.9 Å². The van der Waals surface area contributed by atoms with Gasteiger partial charge in [0.15, 0.2) is 0 Å². The van der Waals surface area contributed by atoms with Crippen LogP contribution in [-0.2, 0) is 13.1 Å². The summed E-state index contributed by atoms with van der Waals surface area (Å²) in [6, 6.07) is 10.7. The van der Waals surface area contributed by atoms with Gasteiger partial charge in [-0.15, -0.1) is 0 Å². The average Bonchev–Trinajstić information content (AvgIpc) is 2.95. The van der Waals surface area contributed by atoms with E-state index in [4.69, 9.17) is 4.42 Å². The Bertz CT molecular complexity index is 593. The second-order valence-electron chi connectivity index (χ2n) is 5.48. The fourth-order valence-corrected chi connectivity index (χ4v) is 2.84. The average molecular weight is 285 g/mol. The molecule has 2 aromatic rings. The van der Waals surface area contributed by atoms with Crippen molar-refractivity contribution in [2.45, 2.75) is 20.0 Å². The predicted octanol–water partition coefficient (Wildman–Crippen LogP) is 2.85. The molecule has 0 atom stereocenters. The lowest BCUT2D eigenvalue weighted by molar-refractivity contribution is 0.482. The van der Waals surface area contributed by atoms with Gasteiger partial charge >= 0.3 is 0 Å². The number of nitrogens with one attached hydrogen (secondary N) is 1. The number of fused-ring (bicyclic) bond motifs is 1. The third-order valence-corrected chi connectivity index (χ3v) is 4.07. The number of anilines is 2. The van der Waals surface area contributed by atoms with Crippen LogP contribution in [0, 0.1) is 0 Å². The van der Waals surface area contributed by atoms with Crippen molar-refractivity contribution >= 4 is 11.4 Å². The SMILES string of the molecule is CCNCc1occc1CN1CCN(C)c2ccccc21. The van der Waals surface area contributed by atoms with Crippen LogP contribution >= 0.6 is 0 Å². The van der Waals surface area contributed by atoms with Crippen molar-refractivity contribution < 1.29 is 4.42 Å². The summed E-state index contributed by atoms with van der Waals surface area (Å²) in [6.45, 7) is 6.86. The second kappa shape index (κ2) is 6.22. The minimum absolute atomic E-state index is 0.800. The van der Waals surface area contributed by atoms with Crippen LogP contribution < -0.4 is 15.1 Å². The van der Waals surface area contributed by atoms with Crippen LogP contribution in [0.4, 0.5) is 11.4 Å². The topological polar surface area (TPSA) is 31.7 Å². The van der Waals surface area contributed by atoms with Crippen LogP contribution in [0.15, 0.2) is 41.0 Å². The Balaban J connectivity index is 1.80. The molecule has 21 heavy (non-hydrogen) atoms. The van der Waals surface area contributed by atoms with Gasteiger partial charge in [0.05, 0.1) is 24.2 Å². The smallest absolute Gasteiger partial charge is 0.122 e. The monoisotopic (exact) mass is 285 g/mol. The van der Waals surface area contributed by atoms with Crippen molar-refractivity contribution in [1.29, 1.82) is 0 Å². The van der Waals surface area contributed by atoms with E-state index in [0.717, 1.165) is 38.5 Å². The molecule has 0 radical (unpaired) electrons. The molecule has 2 heterocycles. The molecular formula is C17H23N3O. The van der Waals surface area contributed by atoms with Gasteiger partial charge in [-0.1, -0.05) is 19.1 Å². The molecular weight excluding hydrogens is 262 g/mol. The molecule has 1 aromatic carbocycles. The zero-order valence-corrected chi connectivity index (χ0v) is 12.8. The Morgan fingerprint density at radius 2 is 1.95 bits per heavy atom. The van der Waals surface area contributed by atoms with Gasteiger partial charge in [-0.05, 0) is 24.7 Å². The predicted molar refractivity (Wildman–Crippen MR) is 86.9 cm³/mol. The zero-order chi connectivity index (χ0) is 14.7. The molecule has 1 aliphatic heterocycles. The summed E-state index contributed by atoms with van der Waals surface area (Å²) in [6.07, 6.45) is 1.80. The number of nitrogens with zero attached hydrogens (tertiary/aromatic N) is 2. The normalized spacial score (nSPS) is 14.4. The van der Waals surface area contributed by atoms with E-state index in [2.05, 4.69) is 59.4 Å². The molecule has 3 rings (SSSR count). The molecule has 1 N–H and O–H groups in total. The van der Waals surface area contributed by atoms with E-state index < -0.39 is 0 Å². The highest BCUT2D eigenvalue weighted by Crippen LogP contribution is 2.33. The Kier molecular flexibility index (Phi) is 4.15. The fourth-order valence-electron chi connectivity index (χ4n) is 2.84. The number of benzene rings is 1. The molecule has 1 aromatic heterocycles. The molecule has 0 spiro atoms. The summed E-state index contributed by atoms with van der Waals surface area (Å²) in [5.74, 6) is 1.05. The Hall–Kier alpha value is -1.94. The lowest BCUT2D eigenvalue weighted by Gasteiger charge is -2.37. The van der Waals surface area contributed by atoms with Gasteiger partial charge in [0.2, 0.25) is 0 Å². The number of furan rings is 1. The summed E-state index contributed by atoms with van der Waals surface area (Å²) in [5, 5.41) is 3.33. The first-order valence-electron chi connectivity index (χ1n) is 7.60. The van der Waals surface area contributed by atoms with Gasteiger partial charge in [-0.3, -0.25) is 0 Å². The Labute approximate surface area is 126 Å². The lowest BCUT2D eigenvalue weighted by atomic mass is 10.1. The zero-order valence-electron chi connectivity index (χ0n) is 12.8. The molecule has 0 fully saturated rings. The number of rotatable bonds is 5. The lowest BCUT2D eigenvalue weighted by Crippen LogP contribution is -2.38. The molecule has 0 saturated carbocycles. The summed E-state index contributed by atoms with van der Waals surface area (Å²) in [7, 11) is 2.16. The van der Waals surface area contributed by atoms with Crippen LogP contribution in [0.2, 0.25) is 0 Å². The maximum atomic E-state index is 5.62. The van der Waals surface area contributed by atoms with Crippen molar-refractivity contribution in [2.75, 3.05) is 36.5 Å². The molecule has 0 amide bonds. The van der Waals surface area contributed by atoms with E-state index in [9.17, 15) is 0 Å². The first-order chi connectivity index (χ1) is 10.3. The highest BCUT2D eigenvalue weighted by molar-refractivity contribution is 5.73. The number of hydrogen-bond donors (Lipinski definition) is 1. The van der Waals surface area contributed by atoms with E-state index in [1.165, 1.54) is 16.9 Å². The summed E-state index contributed by atoms with van der Waals surface area (Å²) >= 11 is 0. The van der Waals surface area contributed by atoms with E-state index >= 15 is 0 Å². The standard InChI is InChI=1S/C17H23N3O/c1-3-18-12-17-14(8-11-21-17)13-20-10-9-19(2)15-6-4-5-7-16(15)20/h4-8,11,18H,3,9-10,12-13H2,1-2H3. The Morgan fingerprint density at radius 1 is 1.14 bits per heavy atom. The first-order valence-corrected chi connectivity index (χ1v) is 7.60. The van der Waals surface area contributed by atoms with Crippen LogP contribution in [-0.4, -0.2) is 26.7 Å². The van der Waals surface area contributed by atoms with Crippen molar-refractivity contribution in [3.8, 4) is 0 Å². The largest absolute Gasteiger partial charge is 0.468 e. The van der Waals surface area contributed by atoms with Crippen LogP contribution in [0.5, 0.6) is 0 Å². The van der Waals surface area contributed by atoms with Crippen molar-refractivity contribution in [1.82, 2.24) is 5.32 Å². The number of hydrogen-bond acceptors (Lipinski definition) is 4. The molecule has 0 aliphatic carbocycles. The second-order valence-corrected chi connectivity index (χ2v) is 5.48. The van der Waals surface area contributed by atoms with E-state index in [0.29, 0.717) is 0 Å². The highest BCUT2D eigenvalue weighted by Gasteiger charge is 2.21. The van der Waals surface area contributed by atoms with Gasteiger partial charge in [0.1, 0.15) is 5.76 Å². The van der Waals surface area contributed by atoms with Gasteiger partial charge in [0.25, 0.3) is 0 Å². The summed E-state index contributed by atoms with van der Waals surface area (Å²) < 4.78 is 5.62. The summed E-state index contributed by atoms with van der Waals surface area (Å²) in [4.78, 5) is 4.76. The summed E-state index contributed by atoms with van der Waals surface area (Å²) in [5.41, 5.74) is 3.89. The maximum absolute atomic E-state index is 5.62. The molecule has 4 nitrogen and oxygen atoms in total. The molecule has 4 heteroatoms. The first kappa shape index (κ1) is 14.0. The van der Waals surface area contributed by atoms with Crippen molar-refractivity contribution in [2.24, 2.45) is 0 Å². The van der Waals surface area contributed by atoms with Crippen LogP contribution in [0.25, 0.3) is 0 Å². The molecule has 112 valence electrons. The Morgan fingerprint density at radius 3 is 2.76 bits per heavy atom. The molecule has 0 bridgehead atoms. The van der Waals surface area contributed by atoms with Crippen LogP contribution in [0.3, 0.4) is 0 Å². The van der Waals surface area contributed by atoms with Crippen LogP contribution in [0.1, 0.15) is 18.2 Å². The minimum atomic E-state index is 0.800. The number of likely N-dealkylation sites (N-methyl/N-ethyl adjacent to an activating group) is 1. The van der Waals surface area contributed by atoms with Crippen molar-refractivity contribution in [3.63, 3.8) is 0 Å². The fraction of sp³-hybridized carbons (Fsp3) is 0.412. The van der Waals surface area contributed by atoms with Gasteiger partial charge in [0, 0.05) is 32.2 Å². The van der Waals surface area contributed by atoms with Gasteiger partial charge in [-0.25, -0.2) is 0 Å². The highest BCUT2D eigenvalue weighted by atomic mass is 16.3. The third kappa shape index (κ3) is 2.90. The van der Waals surface area contributed by atoms with Gasteiger partial charge < -0.3 is 19.5 Å². The molecule has 0 unspecified atom stereocenters. The van der Waals surface area contributed by atoms with E-state index in [-0.39, 0.29) is 0 Å². The number of para-hydroxylation sites is 2. The quantitative estimate of drug-likeness (QED) is 0.915. The molecule has 1 aliphatic rings. The van der Waals surface area contributed by atoms with E-state index in [1.807, 2.05) is 0 Å². The maximum Gasteiger partial charge on any atom is 0.122 e.